The molecule has 1 unspecified atom stereocenters. The van der Waals surface area contributed by atoms with Crippen LogP contribution in [-0.4, -0.2) is 25.2 Å². The standard InChI is InChI=1S/C20H23FN2O3S/c1-20(2,3)27(25,26)23-17-7-4-13(5-8-17)19(24)22-18-9-6-14-10-16(21)11-15(14)12-18/h4-9,12,16,23H,10-11H2,1-3H3,(H,22,24). The van der Waals surface area contributed by atoms with Gasteiger partial charge in [-0.3, -0.25) is 9.52 Å². The number of carbonyl (C=O) groups is 1. The molecule has 0 fully saturated rings. The maximum absolute atomic E-state index is 13.5. The van der Waals surface area contributed by atoms with Crippen LogP contribution in [0.25, 0.3) is 0 Å². The lowest BCUT2D eigenvalue weighted by Gasteiger charge is -2.20. The summed E-state index contributed by atoms with van der Waals surface area (Å²) in [4.78, 5) is 12.4. The van der Waals surface area contributed by atoms with Gasteiger partial charge in [0.1, 0.15) is 6.17 Å². The quantitative estimate of drug-likeness (QED) is 0.831. The molecule has 7 heteroatoms. The summed E-state index contributed by atoms with van der Waals surface area (Å²) in [6.07, 6.45) is -0.0488. The van der Waals surface area contributed by atoms with Crippen LogP contribution in [0.3, 0.4) is 0 Å². The number of alkyl halides is 1. The Hall–Kier alpha value is -2.41. The number of halogens is 1. The van der Waals surface area contributed by atoms with E-state index in [1.54, 1.807) is 57.2 Å². The highest BCUT2D eigenvalue weighted by molar-refractivity contribution is 7.94. The Morgan fingerprint density at radius 3 is 2.22 bits per heavy atom. The van der Waals surface area contributed by atoms with E-state index in [9.17, 15) is 17.6 Å². The summed E-state index contributed by atoms with van der Waals surface area (Å²) in [6, 6.07) is 11.6. The Morgan fingerprint density at radius 2 is 1.59 bits per heavy atom. The lowest BCUT2D eigenvalue weighted by molar-refractivity contribution is 0.102. The number of hydrogen-bond acceptors (Lipinski definition) is 3. The van der Waals surface area contributed by atoms with Crippen LogP contribution in [0.4, 0.5) is 15.8 Å². The summed E-state index contributed by atoms with van der Waals surface area (Å²) in [5.74, 6) is -0.310. The van der Waals surface area contributed by atoms with Crippen molar-refractivity contribution in [1.82, 2.24) is 0 Å². The highest BCUT2D eigenvalue weighted by atomic mass is 32.2. The van der Waals surface area contributed by atoms with Gasteiger partial charge in [0.2, 0.25) is 10.0 Å². The summed E-state index contributed by atoms with van der Waals surface area (Å²) in [6.45, 7) is 4.83. The molecule has 3 rings (SSSR count). The van der Waals surface area contributed by atoms with Gasteiger partial charge in [-0.15, -0.1) is 0 Å². The Bertz CT molecular complexity index is 964. The molecule has 5 nitrogen and oxygen atoms in total. The van der Waals surface area contributed by atoms with Crippen molar-refractivity contribution in [1.29, 1.82) is 0 Å². The first-order valence-electron chi connectivity index (χ1n) is 8.75. The summed E-state index contributed by atoms with van der Waals surface area (Å²) in [7, 11) is -3.52. The van der Waals surface area contributed by atoms with E-state index in [0.717, 1.165) is 11.1 Å². The van der Waals surface area contributed by atoms with E-state index in [1.807, 2.05) is 6.07 Å². The van der Waals surface area contributed by atoms with Gasteiger partial charge in [-0.05, 0) is 68.3 Å². The summed E-state index contributed by atoms with van der Waals surface area (Å²) in [5, 5.41) is 2.79. The van der Waals surface area contributed by atoms with E-state index in [-0.39, 0.29) is 5.91 Å². The number of amides is 1. The first-order chi connectivity index (χ1) is 12.5. The van der Waals surface area contributed by atoms with Crippen LogP contribution in [0.1, 0.15) is 42.3 Å². The molecule has 0 spiro atoms. The van der Waals surface area contributed by atoms with Crippen molar-refractivity contribution in [2.75, 3.05) is 10.0 Å². The number of hydrogen-bond donors (Lipinski definition) is 2. The minimum absolute atomic E-state index is 0.310. The highest BCUT2D eigenvalue weighted by Crippen LogP contribution is 2.27. The summed E-state index contributed by atoms with van der Waals surface area (Å²) in [5.41, 5.74) is 3.32. The second kappa shape index (κ2) is 6.96. The van der Waals surface area contributed by atoms with E-state index < -0.39 is 20.9 Å². The van der Waals surface area contributed by atoms with Crippen LogP contribution in [0, 0.1) is 0 Å². The average Bonchev–Trinajstić information content (AvgIpc) is 2.93. The second-order valence-corrected chi connectivity index (χ2v) is 10.2. The predicted molar refractivity (Wildman–Crippen MR) is 105 cm³/mol. The van der Waals surface area contributed by atoms with E-state index in [0.29, 0.717) is 29.8 Å². The molecule has 0 aromatic heterocycles. The molecule has 144 valence electrons. The maximum atomic E-state index is 13.5. The molecule has 0 aliphatic heterocycles. The Kier molecular flexibility index (Phi) is 4.99. The molecule has 1 amide bonds. The molecule has 2 aromatic carbocycles. The van der Waals surface area contributed by atoms with Gasteiger partial charge in [-0.25, -0.2) is 12.8 Å². The predicted octanol–water partition coefficient (Wildman–Crippen LogP) is 3.92. The Labute approximate surface area is 159 Å². The van der Waals surface area contributed by atoms with Gasteiger partial charge in [0.05, 0.1) is 4.75 Å². The van der Waals surface area contributed by atoms with Crippen LogP contribution in [0.15, 0.2) is 42.5 Å². The zero-order chi connectivity index (χ0) is 19.8. The Balaban J connectivity index is 1.69. The molecule has 2 N–H and O–H groups in total. The number of benzene rings is 2. The minimum Gasteiger partial charge on any atom is -0.322 e. The van der Waals surface area contributed by atoms with Gasteiger partial charge in [-0.2, -0.15) is 0 Å². The molecule has 0 saturated carbocycles. The fourth-order valence-electron chi connectivity index (χ4n) is 2.84. The van der Waals surface area contributed by atoms with Crippen molar-refractivity contribution in [2.24, 2.45) is 0 Å². The second-order valence-electron chi connectivity index (χ2n) is 7.74. The number of fused-ring (bicyclic) bond motifs is 1. The third-order valence-corrected chi connectivity index (χ3v) is 6.67. The lowest BCUT2D eigenvalue weighted by atomic mass is 10.1. The third-order valence-electron chi connectivity index (χ3n) is 4.55. The molecule has 0 radical (unpaired) electrons. The van der Waals surface area contributed by atoms with E-state index in [4.69, 9.17) is 0 Å². The molecular weight excluding hydrogens is 367 g/mol. The number of rotatable bonds is 4. The van der Waals surface area contributed by atoms with Gasteiger partial charge in [-0.1, -0.05) is 6.07 Å². The van der Waals surface area contributed by atoms with Gasteiger partial charge in [0.15, 0.2) is 0 Å². The van der Waals surface area contributed by atoms with Gasteiger partial charge < -0.3 is 5.32 Å². The number of carbonyl (C=O) groups excluding carboxylic acids is 1. The van der Waals surface area contributed by atoms with Crippen molar-refractivity contribution < 1.29 is 17.6 Å². The van der Waals surface area contributed by atoms with Crippen LogP contribution >= 0.6 is 0 Å². The zero-order valence-corrected chi connectivity index (χ0v) is 16.4. The molecule has 1 atom stereocenters. The normalized spacial score (nSPS) is 16.7. The van der Waals surface area contributed by atoms with Gasteiger partial charge in [0, 0.05) is 29.8 Å². The fourth-order valence-corrected chi connectivity index (χ4v) is 3.60. The number of sulfonamides is 1. The van der Waals surface area contributed by atoms with Crippen molar-refractivity contribution >= 4 is 27.3 Å². The fraction of sp³-hybridized carbons (Fsp3) is 0.350. The topological polar surface area (TPSA) is 75.3 Å². The zero-order valence-electron chi connectivity index (χ0n) is 15.5. The first kappa shape index (κ1) is 19.4. The smallest absolute Gasteiger partial charge is 0.255 e. The molecular formula is C20H23FN2O3S. The molecule has 27 heavy (non-hydrogen) atoms. The summed E-state index contributed by atoms with van der Waals surface area (Å²) >= 11 is 0. The van der Waals surface area contributed by atoms with Crippen molar-refractivity contribution in [3.8, 4) is 0 Å². The van der Waals surface area contributed by atoms with Crippen molar-refractivity contribution in [3.63, 3.8) is 0 Å². The first-order valence-corrected chi connectivity index (χ1v) is 10.2. The van der Waals surface area contributed by atoms with Gasteiger partial charge >= 0.3 is 0 Å². The van der Waals surface area contributed by atoms with Crippen LogP contribution in [0.5, 0.6) is 0 Å². The average molecular weight is 390 g/mol. The molecule has 1 aliphatic rings. The Morgan fingerprint density at radius 1 is 1.00 bits per heavy atom. The van der Waals surface area contributed by atoms with Gasteiger partial charge in [0.25, 0.3) is 5.91 Å². The molecule has 0 saturated heterocycles. The SMILES string of the molecule is CC(C)(C)S(=O)(=O)Nc1ccc(C(=O)Nc2ccc3c(c2)CC(F)C3)cc1. The molecule has 0 bridgehead atoms. The van der Waals surface area contributed by atoms with E-state index in [2.05, 4.69) is 10.0 Å². The number of nitrogens with one attached hydrogen (secondary N) is 2. The minimum atomic E-state index is -3.52. The largest absolute Gasteiger partial charge is 0.322 e. The monoisotopic (exact) mass is 390 g/mol. The van der Waals surface area contributed by atoms with E-state index in [1.165, 1.54) is 0 Å². The van der Waals surface area contributed by atoms with Crippen LogP contribution in [0.2, 0.25) is 0 Å². The molecule has 0 heterocycles. The summed E-state index contributed by atoms with van der Waals surface area (Å²) < 4.78 is 39.4. The highest BCUT2D eigenvalue weighted by Gasteiger charge is 2.28. The van der Waals surface area contributed by atoms with Crippen molar-refractivity contribution in [3.05, 3.63) is 59.2 Å². The van der Waals surface area contributed by atoms with E-state index >= 15 is 0 Å². The number of anilines is 2. The third kappa shape index (κ3) is 4.30. The van der Waals surface area contributed by atoms with Crippen LogP contribution < -0.4 is 10.0 Å². The maximum Gasteiger partial charge on any atom is 0.255 e. The molecule has 1 aliphatic carbocycles. The van der Waals surface area contributed by atoms with Crippen LogP contribution in [-0.2, 0) is 22.9 Å². The van der Waals surface area contributed by atoms with Crippen molar-refractivity contribution in [2.45, 2.75) is 44.5 Å². The molecule has 2 aromatic rings. The lowest BCUT2D eigenvalue weighted by Crippen LogP contribution is -2.33.